The van der Waals surface area contributed by atoms with Gasteiger partial charge in [-0.05, 0) is 12.1 Å². The average molecular weight is 526 g/mol. The van der Waals surface area contributed by atoms with E-state index in [1.807, 2.05) is 0 Å². The van der Waals surface area contributed by atoms with Crippen LogP contribution in [-0.4, -0.2) is 24.8 Å². The van der Waals surface area contributed by atoms with Gasteiger partial charge in [0, 0.05) is 24.8 Å². The molecule has 0 aliphatic heterocycles. The van der Waals surface area contributed by atoms with Crippen LogP contribution in [0.2, 0.25) is 15.1 Å². The van der Waals surface area contributed by atoms with Crippen LogP contribution in [0.1, 0.15) is 12.0 Å². The molecular formula is C18H13Cl5F3NO3. The van der Waals surface area contributed by atoms with Gasteiger partial charge in [0.2, 0.25) is 5.88 Å². The van der Waals surface area contributed by atoms with Crippen LogP contribution < -0.4 is 14.2 Å². The summed E-state index contributed by atoms with van der Waals surface area (Å²) in [6.07, 6.45) is -2.07. The predicted octanol–water partition coefficient (Wildman–Crippen LogP) is 7.61. The Morgan fingerprint density at radius 3 is 2.13 bits per heavy atom. The lowest BCUT2D eigenvalue weighted by atomic mass is 10.3. The number of hydrogen-bond donors (Lipinski definition) is 0. The summed E-state index contributed by atoms with van der Waals surface area (Å²) in [6.45, 7) is 0.398. The summed E-state index contributed by atoms with van der Waals surface area (Å²) in [7, 11) is 0. The summed E-state index contributed by atoms with van der Waals surface area (Å²) in [5, 5.41) is 0.219. The minimum atomic E-state index is -4.53. The number of alkyl halides is 3. The number of halogens is 8. The molecule has 1 aromatic carbocycles. The van der Waals surface area contributed by atoms with Crippen LogP contribution in [0.25, 0.3) is 0 Å². The summed E-state index contributed by atoms with van der Waals surface area (Å²) >= 11 is 29.1. The second-order valence-corrected chi connectivity index (χ2v) is 7.81. The summed E-state index contributed by atoms with van der Waals surface area (Å²) in [5.41, 5.74) is -0.957. The van der Waals surface area contributed by atoms with Crippen LogP contribution in [0.3, 0.4) is 0 Å². The summed E-state index contributed by atoms with van der Waals surface area (Å²) in [4.78, 5) is 3.58. The molecule has 0 N–H and O–H groups in total. The largest absolute Gasteiger partial charge is 0.490 e. The molecule has 4 nitrogen and oxygen atoms in total. The summed E-state index contributed by atoms with van der Waals surface area (Å²) in [6, 6.07) is 3.78. The summed E-state index contributed by atoms with van der Waals surface area (Å²) in [5.74, 6) is 0.546. The first-order chi connectivity index (χ1) is 14.1. The Morgan fingerprint density at radius 2 is 1.57 bits per heavy atom. The highest BCUT2D eigenvalue weighted by molar-refractivity contribution is 6.55. The van der Waals surface area contributed by atoms with Gasteiger partial charge >= 0.3 is 6.18 Å². The molecule has 2 aromatic rings. The molecule has 0 aliphatic rings. The lowest BCUT2D eigenvalue weighted by molar-refractivity contribution is -0.137. The van der Waals surface area contributed by atoms with Crippen LogP contribution in [0, 0.1) is 0 Å². The van der Waals surface area contributed by atoms with Crippen LogP contribution in [-0.2, 0) is 6.18 Å². The van der Waals surface area contributed by atoms with Gasteiger partial charge in [0.25, 0.3) is 0 Å². The maximum Gasteiger partial charge on any atom is 0.417 e. The van der Waals surface area contributed by atoms with E-state index in [4.69, 9.17) is 72.2 Å². The van der Waals surface area contributed by atoms with Crippen molar-refractivity contribution in [3.05, 3.63) is 55.6 Å². The van der Waals surface area contributed by atoms with Gasteiger partial charge in [-0.2, -0.15) is 13.2 Å². The van der Waals surface area contributed by atoms with Crippen molar-refractivity contribution in [3.8, 4) is 17.4 Å². The Morgan fingerprint density at radius 1 is 0.933 bits per heavy atom. The molecule has 0 saturated carbocycles. The van der Waals surface area contributed by atoms with E-state index in [9.17, 15) is 13.2 Å². The SMILES string of the molecule is FC(F)(F)c1cnc(OCCCOc2c(Cl)cc(OCC=C(Cl)Cl)cc2Cl)c(Cl)c1. The first kappa shape index (κ1) is 25.0. The number of benzene rings is 1. The standard InChI is InChI=1S/C18H13Cl5F3NO3/c19-12-7-11(28-5-2-15(22)23)8-13(20)16(12)29-3-1-4-30-17-14(21)6-10(9-27-17)18(24,25)26/h2,6-9H,1,3-5H2. The third-order valence-corrected chi connectivity index (χ3v) is 4.51. The molecule has 30 heavy (non-hydrogen) atoms. The molecule has 1 heterocycles. The first-order valence-corrected chi connectivity index (χ1v) is 10.1. The van der Waals surface area contributed by atoms with Crippen LogP contribution in [0.5, 0.6) is 17.4 Å². The van der Waals surface area contributed by atoms with Crippen molar-refractivity contribution < 1.29 is 27.4 Å². The minimum absolute atomic E-state index is 0.0714. The van der Waals surface area contributed by atoms with E-state index >= 15 is 0 Å². The quantitative estimate of drug-likeness (QED) is 0.316. The topological polar surface area (TPSA) is 40.6 Å². The molecule has 0 bridgehead atoms. The molecule has 0 unspecified atom stereocenters. The molecule has 0 fully saturated rings. The van der Waals surface area contributed by atoms with E-state index in [0.29, 0.717) is 18.4 Å². The Labute approximate surface area is 195 Å². The average Bonchev–Trinajstić information content (AvgIpc) is 2.63. The number of aromatic nitrogens is 1. The fraction of sp³-hybridized carbons (Fsp3) is 0.278. The van der Waals surface area contributed by atoms with Gasteiger partial charge in [0.1, 0.15) is 21.9 Å². The van der Waals surface area contributed by atoms with E-state index in [1.54, 1.807) is 0 Å². The molecule has 0 aliphatic carbocycles. The van der Waals surface area contributed by atoms with Crippen molar-refractivity contribution in [1.82, 2.24) is 4.98 Å². The minimum Gasteiger partial charge on any atom is -0.490 e. The monoisotopic (exact) mass is 523 g/mol. The van der Waals surface area contributed by atoms with Gasteiger partial charge in [0.15, 0.2) is 5.75 Å². The zero-order valence-corrected chi connectivity index (χ0v) is 18.7. The van der Waals surface area contributed by atoms with E-state index < -0.39 is 11.7 Å². The van der Waals surface area contributed by atoms with Crippen molar-refractivity contribution in [3.63, 3.8) is 0 Å². The van der Waals surface area contributed by atoms with Crippen molar-refractivity contribution >= 4 is 58.0 Å². The molecular weight excluding hydrogens is 512 g/mol. The number of rotatable bonds is 9. The van der Waals surface area contributed by atoms with E-state index in [2.05, 4.69) is 4.98 Å². The Balaban J connectivity index is 1.84. The van der Waals surface area contributed by atoms with Crippen LogP contribution >= 0.6 is 58.0 Å². The Bertz CT molecular complexity index is 882. The smallest absolute Gasteiger partial charge is 0.417 e. The van der Waals surface area contributed by atoms with E-state index in [1.165, 1.54) is 18.2 Å². The van der Waals surface area contributed by atoms with Gasteiger partial charge in [-0.25, -0.2) is 4.98 Å². The molecule has 0 atom stereocenters. The molecule has 0 saturated heterocycles. The molecule has 12 heteroatoms. The van der Waals surface area contributed by atoms with Gasteiger partial charge in [-0.3, -0.25) is 0 Å². The van der Waals surface area contributed by atoms with E-state index in [0.717, 1.165) is 6.07 Å². The van der Waals surface area contributed by atoms with Crippen molar-refractivity contribution in [2.75, 3.05) is 19.8 Å². The molecule has 1 aromatic heterocycles. The predicted molar refractivity (Wildman–Crippen MR) is 112 cm³/mol. The summed E-state index contributed by atoms with van der Waals surface area (Å²) < 4.78 is 54.1. The zero-order valence-electron chi connectivity index (χ0n) is 14.9. The second-order valence-electron chi connectivity index (χ2n) is 5.58. The normalized spacial score (nSPS) is 11.2. The maximum atomic E-state index is 12.6. The zero-order chi connectivity index (χ0) is 22.3. The molecule has 0 radical (unpaired) electrons. The Kier molecular flexibility index (Phi) is 9.50. The lowest BCUT2D eigenvalue weighted by Gasteiger charge is -2.13. The fourth-order valence-corrected chi connectivity index (χ4v) is 2.97. The first-order valence-electron chi connectivity index (χ1n) is 8.19. The molecule has 0 amide bonds. The number of hydrogen-bond acceptors (Lipinski definition) is 4. The Hall–Kier alpha value is -1.25. The fourth-order valence-electron chi connectivity index (χ4n) is 2.05. The third kappa shape index (κ3) is 7.78. The number of pyridine rings is 1. The second kappa shape index (κ2) is 11.4. The molecule has 2 rings (SSSR count). The van der Waals surface area contributed by atoms with Crippen molar-refractivity contribution in [2.45, 2.75) is 12.6 Å². The lowest BCUT2D eigenvalue weighted by Crippen LogP contribution is -2.09. The third-order valence-electron chi connectivity index (χ3n) is 3.37. The van der Waals surface area contributed by atoms with Crippen molar-refractivity contribution in [1.29, 1.82) is 0 Å². The highest BCUT2D eigenvalue weighted by Crippen LogP contribution is 2.37. The molecule has 0 spiro atoms. The van der Waals surface area contributed by atoms with Gasteiger partial charge in [0.05, 0.1) is 28.8 Å². The van der Waals surface area contributed by atoms with Gasteiger partial charge in [-0.1, -0.05) is 58.0 Å². The van der Waals surface area contributed by atoms with Crippen molar-refractivity contribution in [2.24, 2.45) is 0 Å². The number of nitrogens with zero attached hydrogens (tertiary/aromatic N) is 1. The van der Waals surface area contributed by atoms with Gasteiger partial charge < -0.3 is 14.2 Å². The van der Waals surface area contributed by atoms with E-state index in [-0.39, 0.29) is 51.0 Å². The highest BCUT2D eigenvalue weighted by atomic mass is 35.5. The maximum absolute atomic E-state index is 12.6. The molecule has 164 valence electrons. The van der Waals surface area contributed by atoms with Crippen LogP contribution in [0.4, 0.5) is 13.2 Å². The van der Waals surface area contributed by atoms with Crippen LogP contribution in [0.15, 0.2) is 35.0 Å². The van der Waals surface area contributed by atoms with Gasteiger partial charge in [-0.15, -0.1) is 0 Å². The highest BCUT2D eigenvalue weighted by Gasteiger charge is 2.31. The number of ether oxygens (including phenoxy) is 3.